The number of carbonyl (C=O) groups is 2. The number of carbonyl (C=O) groups excluding carboxylic acids is 2. The molecule has 0 bridgehead atoms. The number of hydrogen-bond acceptors (Lipinski definition) is 7. The molecule has 1 aliphatic rings. The number of nitrogens with one attached hydrogen (secondary N) is 2. The summed E-state index contributed by atoms with van der Waals surface area (Å²) in [6, 6.07) is 11.1. The smallest absolute Gasteiger partial charge is 0.250 e. The number of nitrogens with zero attached hydrogens (tertiary/aromatic N) is 1. The van der Waals surface area contributed by atoms with Gasteiger partial charge in [-0.1, -0.05) is 6.07 Å². The standard InChI is InChI=1S/C25H25N3O5S/c1-15(29)26-19-10-11-33-21-8-6-17(13-18(19)21)20-14-34-25(27-20)28-24(30)9-5-16-4-7-22(31-2)23(12-16)32-3/h4-9,12-14,19H,10-11H2,1-3H3,(H,26,29)(H,27,28,30)/b9-5+. The second-order valence-corrected chi connectivity index (χ2v) is 8.48. The van der Waals surface area contributed by atoms with Gasteiger partial charge in [0.1, 0.15) is 5.75 Å². The van der Waals surface area contributed by atoms with Crippen LogP contribution < -0.4 is 24.8 Å². The molecule has 1 aliphatic heterocycles. The van der Waals surface area contributed by atoms with E-state index in [4.69, 9.17) is 14.2 Å². The minimum atomic E-state index is -0.291. The lowest BCUT2D eigenvalue weighted by molar-refractivity contribution is -0.119. The van der Waals surface area contributed by atoms with Crippen molar-refractivity contribution in [1.82, 2.24) is 10.3 Å². The number of anilines is 1. The zero-order valence-electron chi connectivity index (χ0n) is 19.1. The Morgan fingerprint density at radius 1 is 1.15 bits per heavy atom. The van der Waals surface area contributed by atoms with E-state index in [0.29, 0.717) is 29.7 Å². The van der Waals surface area contributed by atoms with Gasteiger partial charge in [0.05, 0.1) is 32.6 Å². The number of aromatic nitrogens is 1. The van der Waals surface area contributed by atoms with Crippen LogP contribution in [0.4, 0.5) is 5.13 Å². The summed E-state index contributed by atoms with van der Waals surface area (Å²) in [5.41, 5.74) is 3.35. The molecule has 2 heterocycles. The number of methoxy groups -OCH3 is 2. The molecule has 0 radical (unpaired) electrons. The normalized spacial score (nSPS) is 14.7. The molecular weight excluding hydrogens is 454 g/mol. The zero-order valence-corrected chi connectivity index (χ0v) is 19.9. The Hall–Kier alpha value is -3.85. The molecule has 1 aromatic heterocycles. The molecule has 34 heavy (non-hydrogen) atoms. The Bertz CT molecular complexity index is 1240. The van der Waals surface area contributed by atoms with Crippen LogP contribution in [0, 0.1) is 0 Å². The summed E-state index contributed by atoms with van der Waals surface area (Å²) in [7, 11) is 3.13. The van der Waals surface area contributed by atoms with Crippen molar-refractivity contribution in [2.24, 2.45) is 0 Å². The van der Waals surface area contributed by atoms with Crippen molar-refractivity contribution in [3.05, 3.63) is 59.0 Å². The van der Waals surface area contributed by atoms with Gasteiger partial charge < -0.3 is 19.5 Å². The summed E-state index contributed by atoms with van der Waals surface area (Å²) < 4.78 is 16.2. The predicted octanol–water partition coefficient (Wildman–Crippen LogP) is 4.44. The van der Waals surface area contributed by atoms with Crippen molar-refractivity contribution < 1.29 is 23.8 Å². The van der Waals surface area contributed by atoms with Crippen molar-refractivity contribution in [3.63, 3.8) is 0 Å². The molecule has 0 saturated carbocycles. The Morgan fingerprint density at radius 2 is 1.97 bits per heavy atom. The molecule has 0 spiro atoms. The third-order valence-corrected chi connectivity index (χ3v) is 6.05. The van der Waals surface area contributed by atoms with E-state index in [-0.39, 0.29) is 17.9 Å². The fourth-order valence-corrected chi connectivity index (χ4v) is 4.41. The fraction of sp³-hybridized carbons (Fsp3) is 0.240. The summed E-state index contributed by atoms with van der Waals surface area (Å²) in [4.78, 5) is 28.5. The van der Waals surface area contributed by atoms with Gasteiger partial charge in [0.15, 0.2) is 16.6 Å². The van der Waals surface area contributed by atoms with Crippen LogP contribution in [-0.2, 0) is 9.59 Å². The third kappa shape index (κ3) is 5.37. The third-order valence-electron chi connectivity index (χ3n) is 5.29. The number of amides is 2. The maximum atomic E-state index is 12.4. The van der Waals surface area contributed by atoms with E-state index < -0.39 is 0 Å². The van der Waals surface area contributed by atoms with Gasteiger partial charge >= 0.3 is 0 Å². The Labute approximate surface area is 201 Å². The summed E-state index contributed by atoms with van der Waals surface area (Å²) in [5.74, 6) is 1.60. The molecule has 3 aromatic rings. The highest BCUT2D eigenvalue weighted by Crippen LogP contribution is 2.36. The Balaban J connectivity index is 1.45. The summed E-state index contributed by atoms with van der Waals surface area (Å²) in [6.07, 6.45) is 3.84. The van der Waals surface area contributed by atoms with E-state index in [1.165, 1.54) is 24.3 Å². The number of rotatable bonds is 7. The number of hydrogen-bond donors (Lipinski definition) is 2. The van der Waals surface area contributed by atoms with E-state index >= 15 is 0 Å². The highest BCUT2D eigenvalue weighted by Gasteiger charge is 2.23. The van der Waals surface area contributed by atoms with Gasteiger partial charge in [-0.25, -0.2) is 4.98 Å². The Kier molecular flexibility index (Phi) is 7.12. The number of ether oxygens (including phenoxy) is 3. The number of thiazole rings is 1. The average Bonchev–Trinajstić information content (AvgIpc) is 3.30. The van der Waals surface area contributed by atoms with E-state index in [0.717, 1.165) is 28.1 Å². The van der Waals surface area contributed by atoms with Crippen LogP contribution in [0.15, 0.2) is 47.9 Å². The molecule has 4 rings (SSSR count). The summed E-state index contributed by atoms with van der Waals surface area (Å²) in [5, 5.41) is 8.14. The first-order valence-corrected chi connectivity index (χ1v) is 11.6. The summed E-state index contributed by atoms with van der Waals surface area (Å²) >= 11 is 1.34. The molecule has 9 heteroatoms. The van der Waals surface area contributed by atoms with Gasteiger partial charge in [-0.05, 0) is 42.0 Å². The van der Waals surface area contributed by atoms with Crippen LogP contribution in [0.3, 0.4) is 0 Å². The van der Waals surface area contributed by atoms with Gasteiger partial charge in [0.2, 0.25) is 11.8 Å². The van der Waals surface area contributed by atoms with E-state index in [1.807, 2.05) is 29.6 Å². The molecule has 0 fully saturated rings. The molecule has 8 nitrogen and oxygen atoms in total. The lowest BCUT2D eigenvalue weighted by Gasteiger charge is -2.26. The Morgan fingerprint density at radius 3 is 2.74 bits per heavy atom. The van der Waals surface area contributed by atoms with Gasteiger partial charge in [0.25, 0.3) is 0 Å². The van der Waals surface area contributed by atoms with E-state index in [1.54, 1.807) is 32.4 Å². The van der Waals surface area contributed by atoms with Crippen LogP contribution >= 0.6 is 11.3 Å². The first-order valence-electron chi connectivity index (χ1n) is 10.7. The van der Waals surface area contributed by atoms with Crippen LogP contribution in [0.25, 0.3) is 17.3 Å². The fourth-order valence-electron chi connectivity index (χ4n) is 3.69. The van der Waals surface area contributed by atoms with Crippen LogP contribution in [-0.4, -0.2) is 37.6 Å². The lowest BCUT2D eigenvalue weighted by atomic mass is 9.97. The maximum absolute atomic E-state index is 12.4. The molecule has 0 aliphatic carbocycles. The predicted molar refractivity (Wildman–Crippen MR) is 131 cm³/mol. The molecule has 2 amide bonds. The van der Waals surface area contributed by atoms with Crippen molar-refractivity contribution in [2.45, 2.75) is 19.4 Å². The van der Waals surface area contributed by atoms with Crippen LogP contribution in [0.1, 0.15) is 30.5 Å². The highest BCUT2D eigenvalue weighted by atomic mass is 32.1. The monoisotopic (exact) mass is 479 g/mol. The number of benzene rings is 2. The SMILES string of the molecule is COc1ccc(/C=C/C(=O)Nc2nc(-c3ccc4c(c3)C(NC(C)=O)CCO4)cs2)cc1OC. The van der Waals surface area contributed by atoms with Gasteiger partial charge in [-0.3, -0.25) is 14.9 Å². The van der Waals surface area contributed by atoms with Crippen LogP contribution in [0.5, 0.6) is 17.2 Å². The van der Waals surface area contributed by atoms with Crippen molar-refractivity contribution in [3.8, 4) is 28.5 Å². The van der Waals surface area contributed by atoms with Gasteiger partial charge in [-0.15, -0.1) is 11.3 Å². The van der Waals surface area contributed by atoms with Crippen molar-refractivity contribution in [2.75, 3.05) is 26.1 Å². The topological polar surface area (TPSA) is 98.8 Å². The molecular formula is C25H25N3O5S. The highest BCUT2D eigenvalue weighted by molar-refractivity contribution is 7.14. The first-order chi connectivity index (χ1) is 16.5. The van der Waals surface area contributed by atoms with Gasteiger partial charge in [-0.2, -0.15) is 0 Å². The lowest BCUT2D eigenvalue weighted by Crippen LogP contribution is -2.30. The quantitative estimate of drug-likeness (QED) is 0.486. The molecule has 176 valence electrons. The maximum Gasteiger partial charge on any atom is 0.250 e. The zero-order chi connectivity index (χ0) is 24.1. The van der Waals surface area contributed by atoms with Crippen molar-refractivity contribution >= 4 is 34.4 Å². The summed E-state index contributed by atoms with van der Waals surface area (Å²) in [6.45, 7) is 2.06. The van der Waals surface area contributed by atoms with E-state index in [9.17, 15) is 9.59 Å². The molecule has 1 atom stereocenters. The number of fused-ring (bicyclic) bond motifs is 1. The molecule has 2 aromatic carbocycles. The van der Waals surface area contributed by atoms with Crippen LogP contribution in [0.2, 0.25) is 0 Å². The first kappa shape index (κ1) is 23.3. The largest absolute Gasteiger partial charge is 0.493 e. The average molecular weight is 480 g/mol. The second-order valence-electron chi connectivity index (χ2n) is 7.62. The van der Waals surface area contributed by atoms with E-state index in [2.05, 4.69) is 15.6 Å². The van der Waals surface area contributed by atoms with Gasteiger partial charge in [0, 0.05) is 35.9 Å². The second kappa shape index (κ2) is 10.4. The molecule has 1 unspecified atom stereocenters. The minimum Gasteiger partial charge on any atom is -0.493 e. The molecule has 0 saturated heterocycles. The minimum absolute atomic E-state index is 0.0805. The molecule has 2 N–H and O–H groups in total. The van der Waals surface area contributed by atoms with Crippen molar-refractivity contribution in [1.29, 1.82) is 0 Å².